The van der Waals surface area contributed by atoms with Crippen LogP contribution < -0.4 is 5.69 Å². The molecule has 0 radical (unpaired) electrons. The van der Waals surface area contributed by atoms with Crippen LogP contribution in [0.4, 0.5) is 0 Å². The average Bonchev–Trinajstić information content (AvgIpc) is 2.58. The van der Waals surface area contributed by atoms with Gasteiger partial charge in [0.05, 0.1) is 17.5 Å². The average molecular weight is 246 g/mol. The number of aromatic nitrogens is 2. The molecular formula is C13H14N2O3. The SMILES string of the molecule is C=C(C)n1c(=O)n(CCC(=O)O)c2ccccc21. The first-order valence-corrected chi connectivity index (χ1v) is 5.60. The van der Waals surface area contributed by atoms with Crippen LogP contribution in [0.3, 0.4) is 0 Å². The van der Waals surface area contributed by atoms with E-state index in [1.165, 1.54) is 9.13 Å². The highest BCUT2D eigenvalue weighted by atomic mass is 16.4. The van der Waals surface area contributed by atoms with Gasteiger partial charge in [0.2, 0.25) is 0 Å². The van der Waals surface area contributed by atoms with Crippen molar-refractivity contribution in [2.45, 2.75) is 19.9 Å². The Kier molecular flexibility index (Phi) is 3.06. The number of rotatable bonds is 4. The van der Waals surface area contributed by atoms with Crippen molar-refractivity contribution in [3.63, 3.8) is 0 Å². The quantitative estimate of drug-likeness (QED) is 0.894. The third-order valence-corrected chi connectivity index (χ3v) is 2.77. The van der Waals surface area contributed by atoms with Gasteiger partial charge >= 0.3 is 11.7 Å². The van der Waals surface area contributed by atoms with Crippen LogP contribution in [0.25, 0.3) is 16.7 Å². The number of hydrogen-bond donors (Lipinski definition) is 1. The number of benzene rings is 1. The van der Waals surface area contributed by atoms with E-state index in [-0.39, 0.29) is 18.7 Å². The summed E-state index contributed by atoms with van der Waals surface area (Å²) in [4.78, 5) is 22.8. The van der Waals surface area contributed by atoms with Crippen LogP contribution in [0.2, 0.25) is 0 Å². The predicted octanol–water partition coefficient (Wildman–Crippen LogP) is 1.77. The van der Waals surface area contributed by atoms with Crippen molar-refractivity contribution in [2.75, 3.05) is 0 Å². The molecule has 5 heteroatoms. The molecule has 0 fully saturated rings. The molecule has 18 heavy (non-hydrogen) atoms. The van der Waals surface area contributed by atoms with Crippen LogP contribution in [-0.2, 0) is 11.3 Å². The highest BCUT2D eigenvalue weighted by Crippen LogP contribution is 2.15. The topological polar surface area (TPSA) is 64.2 Å². The van der Waals surface area contributed by atoms with Crippen LogP contribution in [-0.4, -0.2) is 20.2 Å². The summed E-state index contributed by atoms with van der Waals surface area (Å²) in [7, 11) is 0. The lowest BCUT2D eigenvalue weighted by atomic mass is 10.3. The second-order valence-electron chi connectivity index (χ2n) is 4.14. The number of carbonyl (C=O) groups is 1. The van der Waals surface area contributed by atoms with Crippen molar-refractivity contribution < 1.29 is 9.90 Å². The zero-order valence-electron chi connectivity index (χ0n) is 10.1. The first kappa shape index (κ1) is 12.2. The Morgan fingerprint density at radius 2 is 1.94 bits per heavy atom. The molecule has 0 aliphatic carbocycles. The summed E-state index contributed by atoms with van der Waals surface area (Å²) in [6.07, 6.45) is -0.0793. The van der Waals surface area contributed by atoms with Gasteiger partial charge in [0.15, 0.2) is 0 Å². The minimum absolute atomic E-state index is 0.0793. The molecule has 0 bridgehead atoms. The fourth-order valence-corrected chi connectivity index (χ4v) is 2.00. The lowest BCUT2D eigenvalue weighted by Gasteiger charge is -1.99. The van der Waals surface area contributed by atoms with E-state index in [9.17, 15) is 9.59 Å². The maximum atomic E-state index is 12.2. The Labute approximate surface area is 104 Å². The molecule has 1 aromatic carbocycles. The van der Waals surface area contributed by atoms with E-state index in [2.05, 4.69) is 6.58 Å². The summed E-state index contributed by atoms with van der Waals surface area (Å²) in [5.41, 5.74) is 1.85. The summed E-state index contributed by atoms with van der Waals surface area (Å²) < 4.78 is 2.97. The number of fused-ring (bicyclic) bond motifs is 1. The summed E-state index contributed by atoms with van der Waals surface area (Å²) in [6, 6.07) is 7.28. The van der Waals surface area contributed by atoms with Gasteiger partial charge in [0.1, 0.15) is 0 Å². The molecule has 5 nitrogen and oxygen atoms in total. The van der Waals surface area contributed by atoms with E-state index in [4.69, 9.17) is 5.11 Å². The highest BCUT2D eigenvalue weighted by molar-refractivity contribution is 5.79. The lowest BCUT2D eigenvalue weighted by molar-refractivity contribution is -0.137. The van der Waals surface area contributed by atoms with Crippen LogP contribution in [0, 0.1) is 0 Å². The van der Waals surface area contributed by atoms with E-state index >= 15 is 0 Å². The van der Waals surface area contributed by atoms with Crippen molar-refractivity contribution in [3.05, 3.63) is 41.3 Å². The van der Waals surface area contributed by atoms with E-state index in [0.29, 0.717) is 5.70 Å². The molecule has 0 saturated carbocycles. The fourth-order valence-electron chi connectivity index (χ4n) is 2.00. The minimum Gasteiger partial charge on any atom is -0.481 e. The first-order valence-electron chi connectivity index (χ1n) is 5.60. The van der Waals surface area contributed by atoms with E-state index in [0.717, 1.165) is 11.0 Å². The standard InChI is InChI=1S/C13H14N2O3/c1-9(2)15-11-6-4-3-5-10(11)14(13(15)18)8-7-12(16)17/h3-6H,1,7-8H2,2H3,(H,16,17). The van der Waals surface area contributed by atoms with Crippen LogP contribution in [0.15, 0.2) is 35.6 Å². The number of carboxylic acid groups (broad SMARTS) is 1. The normalized spacial score (nSPS) is 10.7. The van der Waals surface area contributed by atoms with Gasteiger partial charge in [-0.1, -0.05) is 18.7 Å². The van der Waals surface area contributed by atoms with Gasteiger partial charge in [0, 0.05) is 12.2 Å². The monoisotopic (exact) mass is 246 g/mol. The molecule has 1 heterocycles. The second kappa shape index (κ2) is 4.52. The predicted molar refractivity (Wildman–Crippen MR) is 69.5 cm³/mol. The van der Waals surface area contributed by atoms with Gasteiger partial charge < -0.3 is 5.11 Å². The Morgan fingerprint density at radius 1 is 1.33 bits per heavy atom. The summed E-state index contributed by atoms with van der Waals surface area (Å²) in [5.74, 6) is -0.922. The smallest absolute Gasteiger partial charge is 0.333 e. The summed E-state index contributed by atoms with van der Waals surface area (Å²) in [5, 5.41) is 8.71. The number of hydrogen-bond acceptors (Lipinski definition) is 2. The number of allylic oxidation sites excluding steroid dienone is 1. The molecule has 0 aliphatic heterocycles. The Bertz CT molecular complexity index is 679. The summed E-state index contributed by atoms with van der Waals surface area (Å²) in [6.45, 7) is 5.69. The van der Waals surface area contributed by atoms with Gasteiger partial charge in [-0.25, -0.2) is 4.79 Å². The maximum absolute atomic E-state index is 12.2. The molecule has 0 spiro atoms. The van der Waals surface area contributed by atoms with E-state index < -0.39 is 5.97 Å². The van der Waals surface area contributed by atoms with Crippen LogP contribution in [0.1, 0.15) is 13.3 Å². The molecule has 0 unspecified atom stereocenters. The Hall–Kier alpha value is -2.30. The van der Waals surface area contributed by atoms with Gasteiger partial charge in [-0.2, -0.15) is 0 Å². The molecule has 0 saturated heterocycles. The third-order valence-electron chi connectivity index (χ3n) is 2.77. The third kappa shape index (κ3) is 1.95. The van der Waals surface area contributed by atoms with Crippen molar-refractivity contribution in [2.24, 2.45) is 0 Å². The van der Waals surface area contributed by atoms with Crippen molar-refractivity contribution >= 4 is 22.7 Å². The van der Waals surface area contributed by atoms with Crippen molar-refractivity contribution in [1.82, 2.24) is 9.13 Å². The van der Waals surface area contributed by atoms with Gasteiger partial charge in [0.25, 0.3) is 0 Å². The molecule has 0 aliphatic rings. The Morgan fingerprint density at radius 3 is 2.50 bits per heavy atom. The number of nitrogens with zero attached hydrogens (tertiary/aromatic N) is 2. The minimum atomic E-state index is -0.922. The van der Waals surface area contributed by atoms with Crippen molar-refractivity contribution in [1.29, 1.82) is 0 Å². The van der Waals surface area contributed by atoms with Crippen molar-refractivity contribution in [3.8, 4) is 0 Å². The number of aliphatic carboxylic acids is 1. The molecule has 94 valence electrons. The number of carboxylic acids is 1. The van der Waals surface area contributed by atoms with Gasteiger partial charge in [-0.3, -0.25) is 13.9 Å². The molecule has 0 atom stereocenters. The second-order valence-corrected chi connectivity index (χ2v) is 4.14. The van der Waals surface area contributed by atoms with Gasteiger partial charge in [-0.05, 0) is 19.1 Å². The highest BCUT2D eigenvalue weighted by Gasteiger charge is 2.13. The molecule has 1 N–H and O–H groups in total. The number of imidazole rings is 1. The van der Waals surface area contributed by atoms with Crippen LogP contribution in [0.5, 0.6) is 0 Å². The Balaban J connectivity index is 2.66. The summed E-state index contributed by atoms with van der Waals surface area (Å²) >= 11 is 0. The zero-order valence-corrected chi connectivity index (χ0v) is 10.1. The molecule has 2 aromatic rings. The first-order chi connectivity index (χ1) is 8.52. The molecule has 2 rings (SSSR count). The van der Waals surface area contributed by atoms with E-state index in [1.54, 1.807) is 13.0 Å². The van der Waals surface area contributed by atoms with E-state index in [1.807, 2.05) is 18.2 Å². The maximum Gasteiger partial charge on any atom is 0.333 e. The number of para-hydroxylation sites is 2. The largest absolute Gasteiger partial charge is 0.481 e. The van der Waals surface area contributed by atoms with Gasteiger partial charge in [-0.15, -0.1) is 0 Å². The number of aryl methyl sites for hydroxylation is 1. The fraction of sp³-hybridized carbons (Fsp3) is 0.231. The molecule has 0 amide bonds. The lowest BCUT2D eigenvalue weighted by Crippen LogP contribution is -2.24. The molecular weight excluding hydrogens is 232 g/mol. The zero-order chi connectivity index (χ0) is 13.3. The molecule has 1 aromatic heterocycles. The van der Waals surface area contributed by atoms with Crippen LogP contribution >= 0.6 is 0 Å².